The molecule has 3 aromatic carbocycles. The van der Waals surface area contributed by atoms with Gasteiger partial charge in [0.15, 0.2) is 0 Å². The second-order valence-electron chi connectivity index (χ2n) is 8.31. The van der Waals surface area contributed by atoms with E-state index < -0.39 is 27.6 Å². The third-order valence-electron chi connectivity index (χ3n) is 5.84. The average molecular weight is 565 g/mol. The summed E-state index contributed by atoms with van der Waals surface area (Å²) in [5, 5.41) is 25.9. The molecule has 2 heterocycles. The van der Waals surface area contributed by atoms with Gasteiger partial charge in [0.2, 0.25) is 0 Å². The van der Waals surface area contributed by atoms with Crippen molar-refractivity contribution in [1.29, 1.82) is 5.26 Å². The van der Waals surface area contributed by atoms with Crippen molar-refractivity contribution in [2.24, 2.45) is 0 Å². The number of aromatic amines is 1. The number of nitrogens with one attached hydrogen (secondary N) is 2. The monoisotopic (exact) mass is 565 g/mol. The van der Waals surface area contributed by atoms with E-state index in [-0.39, 0.29) is 27.1 Å². The topological polar surface area (TPSA) is 149 Å². The fourth-order valence-corrected chi connectivity index (χ4v) is 6.22. The van der Waals surface area contributed by atoms with Crippen LogP contribution in [0.25, 0.3) is 22.2 Å². The number of hydrogen-bond acceptors (Lipinski definition) is 6. The van der Waals surface area contributed by atoms with Crippen LogP contribution in [0.15, 0.2) is 77.3 Å². The van der Waals surface area contributed by atoms with Crippen molar-refractivity contribution in [1.82, 2.24) is 10.1 Å². The molecule has 0 bridgehead atoms. The van der Waals surface area contributed by atoms with Crippen LogP contribution in [0.2, 0.25) is 0 Å². The Morgan fingerprint density at radius 2 is 1.84 bits per heavy atom. The Morgan fingerprint density at radius 1 is 1.05 bits per heavy atom. The van der Waals surface area contributed by atoms with Gasteiger partial charge in [-0.05, 0) is 0 Å². The van der Waals surface area contributed by atoms with E-state index in [0.717, 1.165) is 15.3 Å². The number of aryl methyl sites for hydroxylation is 1. The summed E-state index contributed by atoms with van der Waals surface area (Å²) in [5.74, 6) is -1.39. The first-order chi connectivity index (χ1) is 18.4. The van der Waals surface area contributed by atoms with Crippen molar-refractivity contribution >= 4 is 53.1 Å². The Labute approximate surface area is 222 Å². The zero-order valence-corrected chi connectivity index (χ0v) is 21.7. The number of H-pyrrole nitrogens is 1. The zero-order chi connectivity index (χ0) is 26.8. The van der Waals surface area contributed by atoms with Crippen LogP contribution in [0.4, 0.5) is 5.69 Å². The first-order valence-corrected chi connectivity index (χ1v) is 13.2. The summed E-state index contributed by atoms with van der Waals surface area (Å²) in [7, 11) is 0. The normalized spacial score (nSPS) is 11.1. The predicted molar refractivity (Wildman–Crippen MR) is 141 cm³/mol. The second kappa shape index (κ2) is 10.2. The number of nitrogens with zero attached hydrogens (tertiary/aromatic N) is 2. The molecule has 38 heavy (non-hydrogen) atoms. The van der Waals surface area contributed by atoms with E-state index in [4.69, 9.17) is 9.78 Å². The number of amides is 1. The minimum atomic E-state index is -1.27. The SMILES string of the molecule is Cc1noc(-c2ccccc2)c1C(=O)[As]c1cccc2cc(C(=O)Nc3ccc(C#N)cc3C(=O)O)[nH]c12. The van der Waals surface area contributed by atoms with Crippen LogP contribution in [0.3, 0.4) is 0 Å². The molecule has 3 N–H and O–H groups in total. The van der Waals surface area contributed by atoms with Crippen molar-refractivity contribution in [3.05, 3.63) is 101 Å². The number of anilines is 1. The molecule has 10 heteroatoms. The molecule has 0 saturated heterocycles. The zero-order valence-electron chi connectivity index (χ0n) is 19.9. The quantitative estimate of drug-likeness (QED) is 0.251. The van der Waals surface area contributed by atoms with Gasteiger partial charge in [-0.15, -0.1) is 0 Å². The number of carbonyl (C=O) groups is 3. The van der Waals surface area contributed by atoms with Crippen LogP contribution in [0, 0.1) is 18.3 Å². The summed E-state index contributed by atoms with van der Waals surface area (Å²) >= 11 is -1.02. The van der Waals surface area contributed by atoms with Gasteiger partial charge in [-0.2, -0.15) is 0 Å². The number of carbonyl (C=O) groups excluding carboxylic acids is 2. The molecule has 0 aliphatic heterocycles. The van der Waals surface area contributed by atoms with Crippen LogP contribution in [0.1, 0.15) is 42.5 Å². The Balaban J connectivity index is 1.43. The van der Waals surface area contributed by atoms with Crippen LogP contribution in [-0.2, 0) is 0 Å². The molecule has 0 unspecified atom stereocenters. The molecule has 0 aliphatic rings. The van der Waals surface area contributed by atoms with Gasteiger partial charge in [0, 0.05) is 0 Å². The number of benzene rings is 3. The van der Waals surface area contributed by atoms with Crippen molar-refractivity contribution < 1.29 is 24.0 Å². The third kappa shape index (κ3) is 4.73. The minimum absolute atomic E-state index is 0.0678. The van der Waals surface area contributed by atoms with Gasteiger partial charge in [-0.25, -0.2) is 0 Å². The number of aromatic nitrogens is 2. The van der Waals surface area contributed by atoms with Gasteiger partial charge >= 0.3 is 223 Å². The van der Waals surface area contributed by atoms with E-state index in [1.165, 1.54) is 18.2 Å². The molecule has 2 aromatic heterocycles. The molecule has 1 amide bonds. The fourth-order valence-electron chi connectivity index (χ4n) is 4.02. The first kappa shape index (κ1) is 24.7. The van der Waals surface area contributed by atoms with Crippen molar-refractivity contribution in [2.45, 2.75) is 6.92 Å². The van der Waals surface area contributed by atoms with Gasteiger partial charge in [-0.1, -0.05) is 0 Å². The molecular weight excluding hydrogens is 547 g/mol. The third-order valence-corrected chi connectivity index (χ3v) is 8.02. The number of aromatic carboxylic acids is 1. The van der Waals surface area contributed by atoms with E-state index in [9.17, 15) is 19.5 Å². The van der Waals surface area contributed by atoms with E-state index in [1.54, 1.807) is 13.0 Å². The molecular formula is C28H18AsN4O5. The van der Waals surface area contributed by atoms with E-state index >= 15 is 0 Å². The number of nitriles is 1. The summed E-state index contributed by atoms with van der Waals surface area (Å²) in [4.78, 5) is 41.1. The summed E-state index contributed by atoms with van der Waals surface area (Å²) in [6.07, 6.45) is 0. The molecule has 0 saturated carbocycles. The number of hydrogen-bond donors (Lipinski definition) is 3. The molecule has 0 aliphatic carbocycles. The van der Waals surface area contributed by atoms with Gasteiger partial charge in [-0.3, -0.25) is 0 Å². The summed E-state index contributed by atoms with van der Waals surface area (Å²) in [6.45, 7) is 1.73. The summed E-state index contributed by atoms with van der Waals surface area (Å²) in [6, 6.07) is 22.3. The predicted octanol–water partition coefficient (Wildman–Crippen LogP) is 4.12. The average Bonchev–Trinajstić information content (AvgIpc) is 3.54. The number of rotatable bonds is 7. The second-order valence-corrected chi connectivity index (χ2v) is 10.6. The van der Waals surface area contributed by atoms with E-state index in [2.05, 4.69) is 15.5 Å². The molecule has 0 atom stereocenters. The van der Waals surface area contributed by atoms with Crippen LogP contribution in [0.5, 0.6) is 0 Å². The Morgan fingerprint density at radius 3 is 2.58 bits per heavy atom. The summed E-state index contributed by atoms with van der Waals surface area (Å²) in [5.41, 5.74) is 2.62. The summed E-state index contributed by atoms with van der Waals surface area (Å²) < 4.78 is 6.17. The van der Waals surface area contributed by atoms with Crippen molar-refractivity contribution in [3.8, 4) is 17.4 Å². The van der Waals surface area contributed by atoms with Crippen LogP contribution < -0.4 is 9.67 Å². The van der Waals surface area contributed by atoms with E-state index in [1.807, 2.05) is 54.6 Å². The number of para-hydroxylation sites is 1. The Hall–Kier alpha value is -4.93. The van der Waals surface area contributed by atoms with Crippen LogP contribution >= 0.6 is 0 Å². The number of carboxylic acids is 1. The standard InChI is InChI=1S/C28H18AsN4O5/c1-15-23(25(38-33-15)17-6-3-2-4-7-17)26(34)29-20-9-5-8-18-13-22(31-24(18)20)27(35)32-21-11-10-16(14-30)12-19(21)28(36)37/h2-13,31H,1H3,(H,32,35)(H,36,37). The first-order valence-electron chi connectivity index (χ1n) is 11.3. The fraction of sp³-hybridized carbons (Fsp3) is 0.0357. The molecule has 185 valence electrons. The Bertz CT molecular complexity index is 1770. The van der Waals surface area contributed by atoms with Gasteiger partial charge in [0.25, 0.3) is 0 Å². The van der Waals surface area contributed by atoms with Gasteiger partial charge in [0.1, 0.15) is 0 Å². The Kier molecular flexibility index (Phi) is 6.65. The maximum absolute atomic E-state index is 13.4. The maximum atomic E-state index is 13.4. The van der Waals surface area contributed by atoms with Gasteiger partial charge < -0.3 is 0 Å². The number of fused-ring (bicyclic) bond motifs is 1. The molecule has 9 nitrogen and oxygen atoms in total. The molecule has 5 aromatic rings. The molecule has 0 fully saturated rings. The van der Waals surface area contributed by atoms with E-state index in [0.29, 0.717) is 22.5 Å². The van der Waals surface area contributed by atoms with Crippen molar-refractivity contribution in [2.75, 3.05) is 5.32 Å². The van der Waals surface area contributed by atoms with Crippen LogP contribution in [-0.4, -0.2) is 47.4 Å². The molecule has 5 rings (SSSR count). The van der Waals surface area contributed by atoms with Gasteiger partial charge in [0.05, 0.1) is 0 Å². The molecule has 0 spiro atoms. The number of carboxylic acid groups (broad SMARTS) is 1. The van der Waals surface area contributed by atoms with Crippen molar-refractivity contribution in [3.63, 3.8) is 0 Å². The molecule has 1 radical (unpaired) electrons.